The number of rotatable bonds is 6. The van der Waals surface area contributed by atoms with Crippen molar-refractivity contribution in [2.24, 2.45) is 0 Å². The number of anilines is 1. The third-order valence-corrected chi connectivity index (χ3v) is 6.22. The van der Waals surface area contributed by atoms with Crippen LogP contribution in [0.4, 0.5) is 5.69 Å². The highest BCUT2D eigenvalue weighted by Gasteiger charge is 2.20. The molecular formula is C23H21N3O4S. The zero-order chi connectivity index (χ0) is 22.0. The van der Waals surface area contributed by atoms with Crippen LogP contribution in [0.2, 0.25) is 0 Å². The normalized spacial score (nSPS) is 11.3. The van der Waals surface area contributed by atoms with Crippen LogP contribution in [0.5, 0.6) is 11.5 Å². The van der Waals surface area contributed by atoms with Gasteiger partial charge in [0, 0.05) is 17.8 Å². The first-order valence-electron chi connectivity index (χ1n) is 9.47. The number of hydrogen-bond donors (Lipinski definition) is 2. The average molecular weight is 436 g/mol. The van der Waals surface area contributed by atoms with Crippen molar-refractivity contribution in [3.05, 3.63) is 84.9 Å². The number of sulfonamides is 1. The molecule has 158 valence electrons. The van der Waals surface area contributed by atoms with E-state index in [1.807, 2.05) is 17.7 Å². The topological polar surface area (TPSA) is 93.5 Å². The molecule has 0 spiro atoms. The lowest BCUT2D eigenvalue weighted by Crippen LogP contribution is -2.14. The maximum Gasteiger partial charge on any atom is 0.262 e. The monoisotopic (exact) mass is 435 g/mol. The second-order valence-corrected chi connectivity index (χ2v) is 8.61. The number of aryl methyl sites for hydroxylation is 1. The van der Waals surface area contributed by atoms with Crippen molar-refractivity contribution in [2.75, 3.05) is 11.8 Å². The SMILES string of the molecule is COc1cc(NS(=O)(=O)c2ccccc2-c2ccc(O)cc2)ccc1-n1cnc(C)c1. The van der Waals surface area contributed by atoms with Gasteiger partial charge in [-0.3, -0.25) is 4.72 Å². The lowest BCUT2D eigenvalue weighted by atomic mass is 10.1. The average Bonchev–Trinajstić information content (AvgIpc) is 3.20. The predicted octanol–water partition coefficient (Wildman–Crippen LogP) is 4.36. The van der Waals surface area contributed by atoms with E-state index in [9.17, 15) is 13.5 Å². The fraction of sp³-hybridized carbons (Fsp3) is 0.0870. The summed E-state index contributed by atoms with van der Waals surface area (Å²) in [7, 11) is -2.36. The molecule has 0 saturated carbocycles. The highest BCUT2D eigenvalue weighted by molar-refractivity contribution is 7.92. The quantitative estimate of drug-likeness (QED) is 0.469. The molecule has 0 bridgehead atoms. The van der Waals surface area contributed by atoms with E-state index >= 15 is 0 Å². The Morgan fingerprint density at radius 3 is 2.45 bits per heavy atom. The van der Waals surface area contributed by atoms with Gasteiger partial charge in [0.05, 0.1) is 35.4 Å². The standard InChI is InChI=1S/C23H21N3O4S/c1-16-14-26(15-24-16)21-12-9-18(13-22(21)30-2)25-31(28,29)23-6-4-3-5-20(23)17-7-10-19(27)11-8-17/h3-15,25,27H,1-2H3. The zero-order valence-electron chi connectivity index (χ0n) is 17.0. The molecule has 0 aliphatic heterocycles. The van der Waals surface area contributed by atoms with E-state index in [1.165, 1.54) is 19.2 Å². The maximum atomic E-state index is 13.2. The predicted molar refractivity (Wildman–Crippen MR) is 119 cm³/mol. The minimum absolute atomic E-state index is 0.113. The van der Waals surface area contributed by atoms with E-state index in [4.69, 9.17) is 4.74 Å². The van der Waals surface area contributed by atoms with Crippen molar-refractivity contribution in [2.45, 2.75) is 11.8 Å². The van der Waals surface area contributed by atoms with Crippen molar-refractivity contribution < 1.29 is 18.3 Å². The Morgan fingerprint density at radius 2 is 1.77 bits per heavy atom. The molecule has 0 unspecified atom stereocenters. The fourth-order valence-electron chi connectivity index (χ4n) is 3.30. The molecule has 0 saturated heterocycles. The van der Waals surface area contributed by atoms with Gasteiger partial charge in [0.1, 0.15) is 11.5 Å². The number of phenols is 1. The smallest absolute Gasteiger partial charge is 0.262 e. The molecule has 0 fully saturated rings. The van der Waals surface area contributed by atoms with Crippen LogP contribution >= 0.6 is 0 Å². The molecule has 31 heavy (non-hydrogen) atoms. The number of imidazole rings is 1. The van der Waals surface area contributed by atoms with Gasteiger partial charge >= 0.3 is 0 Å². The van der Waals surface area contributed by atoms with E-state index in [-0.39, 0.29) is 10.6 Å². The summed E-state index contributed by atoms with van der Waals surface area (Å²) in [6, 6.07) is 18.2. The lowest BCUT2D eigenvalue weighted by molar-refractivity contribution is 0.413. The molecule has 1 aromatic heterocycles. The Morgan fingerprint density at radius 1 is 1.03 bits per heavy atom. The first-order chi connectivity index (χ1) is 14.9. The Kier molecular flexibility index (Phi) is 5.39. The van der Waals surface area contributed by atoms with Crippen molar-refractivity contribution >= 4 is 15.7 Å². The summed E-state index contributed by atoms with van der Waals surface area (Å²) in [4.78, 5) is 4.35. The number of benzene rings is 3. The van der Waals surface area contributed by atoms with E-state index in [1.54, 1.807) is 60.9 Å². The molecule has 2 N–H and O–H groups in total. The number of nitrogens with zero attached hydrogens (tertiary/aromatic N) is 2. The van der Waals surface area contributed by atoms with Gasteiger partial charge in [0.25, 0.3) is 10.0 Å². The van der Waals surface area contributed by atoms with Gasteiger partial charge in [0.15, 0.2) is 0 Å². The van der Waals surface area contributed by atoms with Gasteiger partial charge < -0.3 is 14.4 Å². The van der Waals surface area contributed by atoms with E-state index in [0.29, 0.717) is 22.6 Å². The van der Waals surface area contributed by atoms with Crippen molar-refractivity contribution in [3.8, 4) is 28.3 Å². The Hall–Kier alpha value is -3.78. The van der Waals surface area contributed by atoms with Crippen molar-refractivity contribution in [1.82, 2.24) is 9.55 Å². The zero-order valence-corrected chi connectivity index (χ0v) is 17.8. The second-order valence-electron chi connectivity index (χ2n) is 6.96. The molecule has 4 rings (SSSR count). The van der Waals surface area contributed by atoms with Gasteiger partial charge in [-0.05, 0) is 42.8 Å². The number of aromatic nitrogens is 2. The third kappa shape index (κ3) is 4.24. The molecule has 0 atom stereocenters. The van der Waals surface area contributed by atoms with Crippen LogP contribution in [-0.4, -0.2) is 30.2 Å². The van der Waals surface area contributed by atoms with E-state index < -0.39 is 10.0 Å². The van der Waals surface area contributed by atoms with Gasteiger partial charge in [0.2, 0.25) is 0 Å². The Balaban J connectivity index is 1.69. The molecule has 8 heteroatoms. The second kappa shape index (κ2) is 8.16. The highest BCUT2D eigenvalue weighted by Crippen LogP contribution is 2.32. The molecule has 0 aliphatic carbocycles. The first-order valence-corrected chi connectivity index (χ1v) is 11.0. The van der Waals surface area contributed by atoms with Gasteiger partial charge in [-0.25, -0.2) is 13.4 Å². The largest absolute Gasteiger partial charge is 0.508 e. The summed E-state index contributed by atoms with van der Waals surface area (Å²) >= 11 is 0. The fourth-order valence-corrected chi connectivity index (χ4v) is 4.58. The van der Waals surface area contributed by atoms with E-state index in [0.717, 1.165) is 11.4 Å². The van der Waals surface area contributed by atoms with Crippen LogP contribution in [0.3, 0.4) is 0 Å². The van der Waals surface area contributed by atoms with Gasteiger partial charge in [-0.2, -0.15) is 0 Å². The molecule has 0 amide bonds. The molecule has 0 radical (unpaired) electrons. The molecule has 1 heterocycles. The number of nitrogens with one attached hydrogen (secondary N) is 1. The van der Waals surface area contributed by atoms with Crippen LogP contribution < -0.4 is 9.46 Å². The Labute approximate surface area is 180 Å². The molecule has 0 aliphatic rings. The summed E-state index contributed by atoms with van der Waals surface area (Å²) in [5, 5.41) is 9.53. The minimum Gasteiger partial charge on any atom is -0.508 e. The summed E-state index contributed by atoms with van der Waals surface area (Å²) in [5.41, 5.74) is 3.20. The van der Waals surface area contributed by atoms with Crippen LogP contribution in [0, 0.1) is 6.92 Å². The lowest BCUT2D eigenvalue weighted by Gasteiger charge is -2.15. The summed E-state index contributed by atoms with van der Waals surface area (Å²) in [6.07, 6.45) is 3.53. The summed E-state index contributed by atoms with van der Waals surface area (Å²) in [5.74, 6) is 0.618. The highest BCUT2D eigenvalue weighted by atomic mass is 32.2. The van der Waals surface area contributed by atoms with Gasteiger partial charge in [-0.15, -0.1) is 0 Å². The summed E-state index contributed by atoms with van der Waals surface area (Å²) in [6.45, 7) is 1.89. The number of methoxy groups -OCH3 is 1. The Bertz CT molecular complexity index is 1330. The van der Waals surface area contributed by atoms with E-state index in [2.05, 4.69) is 9.71 Å². The number of hydrogen-bond acceptors (Lipinski definition) is 5. The molecular weight excluding hydrogens is 414 g/mol. The molecule has 3 aromatic carbocycles. The number of aromatic hydroxyl groups is 1. The van der Waals surface area contributed by atoms with Crippen molar-refractivity contribution in [1.29, 1.82) is 0 Å². The minimum atomic E-state index is -3.89. The summed E-state index contributed by atoms with van der Waals surface area (Å²) < 4.78 is 36.3. The van der Waals surface area contributed by atoms with Crippen LogP contribution in [0.25, 0.3) is 16.8 Å². The first kappa shape index (κ1) is 20.5. The van der Waals surface area contributed by atoms with Crippen LogP contribution in [0.1, 0.15) is 5.69 Å². The maximum absolute atomic E-state index is 13.2. The third-order valence-electron chi connectivity index (χ3n) is 4.78. The van der Waals surface area contributed by atoms with Crippen molar-refractivity contribution in [3.63, 3.8) is 0 Å². The van der Waals surface area contributed by atoms with Gasteiger partial charge in [-0.1, -0.05) is 30.3 Å². The van der Waals surface area contributed by atoms with Crippen LogP contribution in [-0.2, 0) is 10.0 Å². The van der Waals surface area contributed by atoms with Crippen LogP contribution in [0.15, 0.2) is 84.1 Å². The number of phenolic OH excluding ortho intramolecular Hbond substituents is 1. The molecule has 7 nitrogen and oxygen atoms in total. The molecule has 4 aromatic rings. The number of ether oxygens (including phenoxy) is 1.